The summed E-state index contributed by atoms with van der Waals surface area (Å²) >= 11 is 0. The molecule has 0 unspecified atom stereocenters. The van der Waals surface area contributed by atoms with Crippen molar-refractivity contribution in [2.45, 2.75) is 0 Å². The number of ether oxygens (including phenoxy) is 1. The molecule has 4 nitrogen and oxygen atoms in total. The van der Waals surface area contributed by atoms with E-state index in [1.807, 2.05) is 6.07 Å². The van der Waals surface area contributed by atoms with E-state index in [1.165, 1.54) is 7.11 Å². The second-order valence-electron chi connectivity index (χ2n) is 3.10. The minimum absolute atomic E-state index is 0.417. The summed E-state index contributed by atoms with van der Waals surface area (Å²) in [5.74, 6) is -0.417. The molecule has 0 amide bonds. The summed E-state index contributed by atoms with van der Waals surface area (Å²) in [6.07, 6.45) is 0.709. The number of benzene rings is 1. The monoisotopic (exact) mass is 203 g/mol. The van der Waals surface area contributed by atoms with Crippen molar-refractivity contribution in [3.63, 3.8) is 0 Å². The van der Waals surface area contributed by atoms with Gasteiger partial charge in [-0.1, -0.05) is 12.1 Å². The summed E-state index contributed by atoms with van der Waals surface area (Å²) in [5, 5.41) is 0.819. The smallest absolute Gasteiger partial charge is 0.339 e. The Kier molecular flexibility index (Phi) is 2.25. The summed E-state index contributed by atoms with van der Waals surface area (Å²) in [6.45, 7) is 0. The number of esters is 1. The fraction of sp³-hybridized carbons (Fsp3) is 0.0909. The molecule has 0 aliphatic carbocycles. The first-order valence-electron chi connectivity index (χ1n) is 4.41. The Morgan fingerprint density at radius 3 is 2.93 bits per heavy atom. The normalized spacial score (nSPS) is 10.2. The minimum atomic E-state index is -0.417. The number of fused-ring (bicyclic) bond motifs is 1. The maximum Gasteiger partial charge on any atom is 0.339 e. The topological polar surface area (TPSA) is 59.2 Å². The second kappa shape index (κ2) is 3.57. The van der Waals surface area contributed by atoms with Gasteiger partial charge >= 0.3 is 5.97 Å². The summed E-state index contributed by atoms with van der Waals surface area (Å²) in [6, 6.07) is 6.91. The molecule has 2 aromatic rings. The van der Waals surface area contributed by atoms with E-state index in [4.69, 9.17) is 0 Å². The average Bonchev–Trinajstić information content (AvgIpc) is 2.70. The highest BCUT2D eigenvalue weighted by Crippen LogP contribution is 2.19. The Morgan fingerprint density at radius 2 is 2.27 bits per heavy atom. The molecule has 0 atom stereocenters. The number of para-hydroxylation sites is 1. The number of rotatable bonds is 2. The zero-order valence-electron chi connectivity index (χ0n) is 8.11. The lowest BCUT2D eigenvalue weighted by Crippen LogP contribution is -2.01. The quantitative estimate of drug-likeness (QED) is 0.597. The Hall–Kier alpha value is -2.10. The van der Waals surface area contributed by atoms with Gasteiger partial charge in [0.2, 0.25) is 0 Å². The predicted octanol–water partition coefficient (Wildman–Crippen LogP) is 1.77. The fourth-order valence-electron chi connectivity index (χ4n) is 1.52. The molecule has 0 saturated heterocycles. The largest absolute Gasteiger partial charge is 0.465 e. The van der Waals surface area contributed by atoms with Crippen molar-refractivity contribution in [3.8, 4) is 0 Å². The number of carbonyl (C=O) groups is 2. The summed E-state index contributed by atoms with van der Waals surface area (Å²) in [5.41, 5.74) is 1.51. The number of hydrogen-bond acceptors (Lipinski definition) is 3. The van der Waals surface area contributed by atoms with E-state index in [1.54, 1.807) is 18.2 Å². The van der Waals surface area contributed by atoms with E-state index >= 15 is 0 Å². The van der Waals surface area contributed by atoms with Crippen LogP contribution in [0.25, 0.3) is 10.9 Å². The van der Waals surface area contributed by atoms with Gasteiger partial charge in [-0.2, -0.15) is 0 Å². The fourth-order valence-corrected chi connectivity index (χ4v) is 1.52. The molecule has 2 rings (SSSR count). The molecule has 0 spiro atoms. The van der Waals surface area contributed by atoms with Crippen LogP contribution in [0.5, 0.6) is 0 Å². The SMILES string of the molecule is COC(=O)c1cccc2cc(C=O)[nH]c12. The minimum Gasteiger partial charge on any atom is -0.465 e. The van der Waals surface area contributed by atoms with Gasteiger partial charge in [-0.25, -0.2) is 4.79 Å². The molecule has 76 valence electrons. The molecule has 0 saturated carbocycles. The first kappa shape index (κ1) is 9.45. The number of nitrogens with one attached hydrogen (secondary N) is 1. The van der Waals surface area contributed by atoms with Crippen molar-refractivity contribution in [1.29, 1.82) is 0 Å². The lowest BCUT2D eigenvalue weighted by Gasteiger charge is -1.99. The highest BCUT2D eigenvalue weighted by atomic mass is 16.5. The third-order valence-corrected chi connectivity index (χ3v) is 2.21. The van der Waals surface area contributed by atoms with Gasteiger partial charge in [0.15, 0.2) is 6.29 Å². The maximum absolute atomic E-state index is 11.4. The Bertz CT molecular complexity index is 528. The highest BCUT2D eigenvalue weighted by Gasteiger charge is 2.11. The molecule has 1 heterocycles. The zero-order valence-corrected chi connectivity index (χ0v) is 8.11. The van der Waals surface area contributed by atoms with Crippen LogP contribution in [0.1, 0.15) is 20.8 Å². The average molecular weight is 203 g/mol. The number of aromatic amines is 1. The van der Waals surface area contributed by atoms with Gasteiger partial charge in [0.25, 0.3) is 0 Å². The lowest BCUT2D eigenvalue weighted by molar-refractivity contribution is 0.0602. The van der Waals surface area contributed by atoms with Crippen molar-refractivity contribution in [2.24, 2.45) is 0 Å². The molecule has 4 heteroatoms. The Balaban J connectivity index is 2.69. The van der Waals surface area contributed by atoms with Crippen molar-refractivity contribution >= 4 is 23.2 Å². The van der Waals surface area contributed by atoms with E-state index < -0.39 is 5.97 Å². The molecular weight excluding hydrogens is 194 g/mol. The molecule has 1 N–H and O–H groups in total. The van der Waals surface area contributed by atoms with E-state index in [0.717, 1.165) is 5.39 Å². The number of methoxy groups -OCH3 is 1. The summed E-state index contributed by atoms with van der Waals surface area (Å²) < 4.78 is 4.64. The number of aromatic nitrogens is 1. The van der Waals surface area contributed by atoms with Gasteiger partial charge in [0, 0.05) is 5.39 Å². The summed E-state index contributed by atoms with van der Waals surface area (Å²) in [4.78, 5) is 24.8. The van der Waals surface area contributed by atoms with Crippen LogP contribution in [-0.2, 0) is 4.74 Å². The first-order chi connectivity index (χ1) is 7.26. The molecule has 0 aliphatic rings. The van der Waals surface area contributed by atoms with E-state index in [-0.39, 0.29) is 0 Å². The first-order valence-corrected chi connectivity index (χ1v) is 4.41. The van der Waals surface area contributed by atoms with Crippen LogP contribution in [-0.4, -0.2) is 24.3 Å². The molecular formula is C11H9NO3. The third-order valence-electron chi connectivity index (χ3n) is 2.21. The number of carbonyl (C=O) groups excluding carboxylic acids is 2. The van der Waals surface area contributed by atoms with Crippen LogP contribution in [0.4, 0.5) is 0 Å². The van der Waals surface area contributed by atoms with Crippen LogP contribution in [0.15, 0.2) is 24.3 Å². The van der Waals surface area contributed by atoms with Gasteiger partial charge in [-0.05, 0) is 12.1 Å². The van der Waals surface area contributed by atoms with Gasteiger partial charge in [-0.3, -0.25) is 4.79 Å². The van der Waals surface area contributed by atoms with Gasteiger partial charge in [0.1, 0.15) is 0 Å². The second-order valence-corrected chi connectivity index (χ2v) is 3.10. The number of aldehydes is 1. The molecule has 1 aromatic carbocycles. The van der Waals surface area contributed by atoms with Crippen molar-refractivity contribution in [1.82, 2.24) is 4.98 Å². The van der Waals surface area contributed by atoms with Crippen LogP contribution < -0.4 is 0 Å². The van der Waals surface area contributed by atoms with Crippen LogP contribution in [0.3, 0.4) is 0 Å². The third kappa shape index (κ3) is 1.50. The summed E-state index contributed by atoms with van der Waals surface area (Å²) in [7, 11) is 1.32. The molecule has 1 aromatic heterocycles. The van der Waals surface area contributed by atoms with Gasteiger partial charge in [0.05, 0.1) is 23.9 Å². The predicted molar refractivity (Wildman–Crippen MR) is 55.0 cm³/mol. The van der Waals surface area contributed by atoms with Crippen molar-refractivity contribution in [3.05, 3.63) is 35.5 Å². The molecule has 0 radical (unpaired) electrons. The lowest BCUT2D eigenvalue weighted by atomic mass is 10.1. The standard InChI is InChI=1S/C11H9NO3/c1-15-11(14)9-4-2-3-7-5-8(6-13)12-10(7)9/h2-6,12H,1H3. The van der Waals surface area contributed by atoms with Crippen LogP contribution in [0, 0.1) is 0 Å². The van der Waals surface area contributed by atoms with E-state index in [2.05, 4.69) is 9.72 Å². The maximum atomic E-state index is 11.4. The molecule has 0 aliphatic heterocycles. The van der Waals surface area contributed by atoms with Gasteiger partial charge in [-0.15, -0.1) is 0 Å². The molecule has 15 heavy (non-hydrogen) atoms. The number of H-pyrrole nitrogens is 1. The van der Waals surface area contributed by atoms with E-state index in [0.29, 0.717) is 23.1 Å². The van der Waals surface area contributed by atoms with Crippen LogP contribution in [0.2, 0.25) is 0 Å². The number of hydrogen-bond donors (Lipinski definition) is 1. The van der Waals surface area contributed by atoms with Crippen LogP contribution >= 0.6 is 0 Å². The zero-order chi connectivity index (χ0) is 10.8. The Morgan fingerprint density at radius 1 is 1.47 bits per heavy atom. The molecule has 0 bridgehead atoms. The Labute approximate surface area is 85.9 Å². The van der Waals surface area contributed by atoms with Gasteiger partial charge < -0.3 is 9.72 Å². The van der Waals surface area contributed by atoms with Crippen molar-refractivity contribution < 1.29 is 14.3 Å². The van der Waals surface area contributed by atoms with Crippen molar-refractivity contribution in [2.75, 3.05) is 7.11 Å². The molecule has 0 fully saturated rings. The highest BCUT2D eigenvalue weighted by molar-refractivity contribution is 6.04. The van der Waals surface area contributed by atoms with E-state index in [9.17, 15) is 9.59 Å².